The molecule has 3 atom stereocenters. The van der Waals surface area contributed by atoms with Gasteiger partial charge in [-0.25, -0.2) is 0 Å². The molecule has 1 N–H and O–H groups in total. The number of halogens is 3. The second kappa shape index (κ2) is 9.58. The largest absolute Gasteiger partial charge is 0.471 e. The lowest BCUT2D eigenvalue weighted by Gasteiger charge is -2.41. The number of aromatic nitrogens is 2. The van der Waals surface area contributed by atoms with Crippen LogP contribution in [0.1, 0.15) is 47.9 Å². The van der Waals surface area contributed by atoms with Gasteiger partial charge in [-0.2, -0.15) is 13.2 Å². The number of hydrogen-bond donors (Lipinski definition) is 1. The average Bonchev–Trinajstić information content (AvgIpc) is 3.30. The highest BCUT2D eigenvalue weighted by Crippen LogP contribution is 2.33. The van der Waals surface area contributed by atoms with E-state index in [1.807, 2.05) is 74.2 Å². The van der Waals surface area contributed by atoms with E-state index >= 15 is 0 Å². The molecule has 9 heteroatoms. The molecule has 4 rings (SSSR count). The first-order chi connectivity index (χ1) is 16.1. The Kier molecular flexibility index (Phi) is 6.74. The molecule has 1 amide bonds. The van der Waals surface area contributed by atoms with E-state index in [9.17, 15) is 18.0 Å². The van der Waals surface area contributed by atoms with Gasteiger partial charge in [0.15, 0.2) is 0 Å². The number of benzene rings is 2. The number of rotatable bonds is 5. The van der Waals surface area contributed by atoms with Gasteiger partial charge < -0.3 is 9.73 Å². The average molecular weight is 473 g/mol. The maximum Gasteiger partial charge on any atom is 0.471 e. The predicted molar refractivity (Wildman–Crippen MR) is 121 cm³/mol. The fraction of sp³-hybridized carbons (Fsp3) is 0.400. The highest BCUT2D eigenvalue weighted by molar-refractivity contribution is 5.82. The van der Waals surface area contributed by atoms with Crippen LogP contribution in [-0.2, 0) is 4.79 Å². The molecule has 6 nitrogen and oxygen atoms in total. The molecule has 2 aromatic carbocycles. The summed E-state index contributed by atoms with van der Waals surface area (Å²) in [4.78, 5) is 13.7. The van der Waals surface area contributed by atoms with Crippen LogP contribution in [0.5, 0.6) is 0 Å². The quantitative estimate of drug-likeness (QED) is 0.569. The summed E-state index contributed by atoms with van der Waals surface area (Å²) in [5.74, 6) is -1.38. The van der Waals surface area contributed by atoms with Crippen LogP contribution in [0, 0.1) is 13.8 Å². The van der Waals surface area contributed by atoms with E-state index in [0.29, 0.717) is 24.7 Å². The van der Waals surface area contributed by atoms with Crippen molar-refractivity contribution < 1.29 is 22.4 Å². The lowest BCUT2D eigenvalue weighted by atomic mass is 9.84. The van der Waals surface area contributed by atoms with Gasteiger partial charge in [0.1, 0.15) is 0 Å². The van der Waals surface area contributed by atoms with Crippen molar-refractivity contribution in [3.05, 3.63) is 71.1 Å². The zero-order valence-electron chi connectivity index (χ0n) is 19.3. The van der Waals surface area contributed by atoms with Gasteiger partial charge in [-0.3, -0.25) is 9.69 Å². The fourth-order valence-electron chi connectivity index (χ4n) is 4.38. The Labute approximate surface area is 196 Å². The molecule has 1 fully saturated rings. The van der Waals surface area contributed by atoms with E-state index in [1.54, 1.807) is 0 Å². The number of carbonyl (C=O) groups excluding carboxylic acids is 1. The molecule has 1 aromatic heterocycles. The summed E-state index contributed by atoms with van der Waals surface area (Å²) in [7, 11) is 0. The van der Waals surface area contributed by atoms with Gasteiger partial charge >= 0.3 is 12.1 Å². The predicted octanol–water partition coefficient (Wildman–Crippen LogP) is 4.95. The Bertz CT molecular complexity index is 1150. The van der Waals surface area contributed by atoms with Crippen molar-refractivity contribution in [3.8, 4) is 11.5 Å². The summed E-state index contributed by atoms with van der Waals surface area (Å²) in [6.45, 7) is 6.74. The first-order valence-electron chi connectivity index (χ1n) is 11.2. The van der Waals surface area contributed by atoms with Gasteiger partial charge in [0.2, 0.25) is 11.8 Å². The summed E-state index contributed by atoms with van der Waals surface area (Å²) < 4.78 is 45.0. The van der Waals surface area contributed by atoms with Crippen LogP contribution in [-0.4, -0.2) is 46.3 Å². The number of nitrogens with one attached hydrogen (secondary N) is 1. The van der Waals surface area contributed by atoms with E-state index in [0.717, 1.165) is 22.3 Å². The van der Waals surface area contributed by atoms with Gasteiger partial charge in [-0.05, 0) is 62.6 Å². The normalized spacial score (nSPS) is 20.2. The van der Waals surface area contributed by atoms with E-state index < -0.39 is 18.1 Å². The second-order valence-electron chi connectivity index (χ2n) is 8.80. The maximum absolute atomic E-state index is 13.0. The lowest BCUT2D eigenvalue weighted by Crippen LogP contribution is -2.54. The summed E-state index contributed by atoms with van der Waals surface area (Å²) in [5.41, 5.74) is 3.98. The highest BCUT2D eigenvalue weighted by Gasteiger charge is 2.43. The zero-order valence-corrected chi connectivity index (χ0v) is 19.3. The monoisotopic (exact) mass is 472 g/mol. The molecule has 1 aliphatic rings. The third-order valence-electron chi connectivity index (χ3n) is 6.55. The van der Waals surface area contributed by atoms with Crippen LogP contribution in [0.25, 0.3) is 11.5 Å². The Balaban J connectivity index is 1.53. The summed E-state index contributed by atoms with van der Waals surface area (Å²) in [5, 5.41) is 10.6. The number of amides is 1. The molecule has 0 saturated carbocycles. The molecular formula is C25H27F3N4O2. The van der Waals surface area contributed by atoms with Gasteiger partial charge in [0.25, 0.3) is 0 Å². The fourth-order valence-corrected chi connectivity index (χ4v) is 4.38. The van der Waals surface area contributed by atoms with Crippen molar-refractivity contribution in [1.82, 2.24) is 20.4 Å². The molecule has 3 aromatic rings. The molecule has 34 heavy (non-hydrogen) atoms. The minimum atomic E-state index is -4.94. The Morgan fingerprint density at radius 2 is 1.85 bits per heavy atom. The maximum atomic E-state index is 13.0. The number of hydrogen-bond acceptors (Lipinski definition) is 5. The number of likely N-dealkylation sites (tertiary alicyclic amines) is 1. The van der Waals surface area contributed by atoms with Crippen molar-refractivity contribution in [2.75, 3.05) is 13.1 Å². The molecular weight excluding hydrogens is 445 g/mol. The third-order valence-corrected chi connectivity index (χ3v) is 6.55. The van der Waals surface area contributed by atoms with Gasteiger partial charge in [-0.15, -0.1) is 10.2 Å². The van der Waals surface area contributed by atoms with Crippen molar-refractivity contribution in [2.45, 2.75) is 51.4 Å². The number of nitrogens with zero attached hydrogens (tertiary/aromatic N) is 3. The van der Waals surface area contributed by atoms with Gasteiger partial charge in [0.05, 0.1) is 6.04 Å². The zero-order chi connectivity index (χ0) is 24.5. The minimum absolute atomic E-state index is 0.226. The standard InChI is InChI=1S/C25H27F3N4O2/c1-15-9-10-19(13-16(15)2)23-31-30-22(34-23)17(3)32-12-11-20(18-7-5-4-6-8-18)21(14-32)29-24(33)25(26,27)28/h4-10,13,17,20-21H,11-12,14H2,1-3H3,(H,29,33)/t17?,20-,21-/m1/s1. The van der Waals surface area contributed by atoms with Gasteiger partial charge in [0, 0.05) is 24.1 Å². The molecule has 0 bridgehead atoms. The number of aryl methyl sites for hydroxylation is 2. The van der Waals surface area contributed by atoms with Crippen molar-refractivity contribution in [1.29, 1.82) is 0 Å². The molecule has 0 aliphatic carbocycles. The highest BCUT2D eigenvalue weighted by atomic mass is 19.4. The molecule has 2 heterocycles. The van der Waals surface area contributed by atoms with Gasteiger partial charge in [-0.1, -0.05) is 36.4 Å². The van der Waals surface area contributed by atoms with E-state index in [-0.39, 0.29) is 18.5 Å². The first-order valence-corrected chi connectivity index (χ1v) is 11.2. The van der Waals surface area contributed by atoms with Crippen LogP contribution < -0.4 is 5.32 Å². The van der Waals surface area contributed by atoms with Crippen LogP contribution >= 0.6 is 0 Å². The number of alkyl halides is 3. The number of piperidine rings is 1. The molecule has 1 unspecified atom stereocenters. The lowest BCUT2D eigenvalue weighted by molar-refractivity contribution is -0.175. The Morgan fingerprint density at radius 3 is 2.53 bits per heavy atom. The molecule has 1 aliphatic heterocycles. The van der Waals surface area contributed by atoms with E-state index in [2.05, 4.69) is 15.5 Å². The van der Waals surface area contributed by atoms with Crippen LogP contribution in [0.15, 0.2) is 52.9 Å². The topological polar surface area (TPSA) is 71.3 Å². The molecule has 0 spiro atoms. The summed E-state index contributed by atoms with van der Waals surface area (Å²) in [6.07, 6.45) is -4.36. The van der Waals surface area contributed by atoms with Crippen LogP contribution in [0.3, 0.4) is 0 Å². The molecule has 0 radical (unpaired) electrons. The van der Waals surface area contributed by atoms with Crippen LogP contribution in [0.2, 0.25) is 0 Å². The third kappa shape index (κ3) is 5.14. The van der Waals surface area contributed by atoms with Crippen molar-refractivity contribution in [2.24, 2.45) is 0 Å². The van der Waals surface area contributed by atoms with Crippen molar-refractivity contribution in [3.63, 3.8) is 0 Å². The van der Waals surface area contributed by atoms with Crippen LogP contribution in [0.4, 0.5) is 13.2 Å². The Morgan fingerprint density at radius 1 is 1.12 bits per heavy atom. The van der Waals surface area contributed by atoms with E-state index in [4.69, 9.17) is 4.42 Å². The Hall–Kier alpha value is -3.20. The second-order valence-corrected chi connectivity index (χ2v) is 8.80. The SMILES string of the molecule is Cc1ccc(-c2nnc(C(C)N3CC[C@H](c4ccccc4)[C@H](NC(=O)C(F)(F)F)C3)o2)cc1C. The smallest absolute Gasteiger partial charge is 0.419 e. The molecule has 180 valence electrons. The van der Waals surface area contributed by atoms with Crippen molar-refractivity contribution >= 4 is 5.91 Å². The molecule has 1 saturated heterocycles. The first kappa shape index (κ1) is 23.9. The summed E-state index contributed by atoms with van der Waals surface area (Å²) in [6, 6.07) is 14.1. The summed E-state index contributed by atoms with van der Waals surface area (Å²) >= 11 is 0. The minimum Gasteiger partial charge on any atom is -0.419 e. The number of carbonyl (C=O) groups is 1. The van der Waals surface area contributed by atoms with E-state index in [1.165, 1.54) is 0 Å².